The molecule has 0 spiro atoms. The molecule has 2 rings (SSSR count). The molecule has 1 aliphatic carbocycles. The molecule has 0 radical (unpaired) electrons. The average molecular weight is 237 g/mol. The maximum atomic E-state index is 12.5. The summed E-state index contributed by atoms with van der Waals surface area (Å²) in [6.07, 6.45) is 11.0. The van der Waals surface area contributed by atoms with E-state index in [-0.39, 0.29) is 6.04 Å². The number of nitrogens with one attached hydrogen (secondary N) is 1. The van der Waals surface area contributed by atoms with Crippen molar-refractivity contribution >= 4 is 5.78 Å². The van der Waals surface area contributed by atoms with Crippen molar-refractivity contribution in [2.45, 2.75) is 70.8 Å². The molecule has 1 heterocycles. The van der Waals surface area contributed by atoms with Gasteiger partial charge in [-0.05, 0) is 38.1 Å². The molecular formula is C15H27NO. The maximum absolute atomic E-state index is 12.5. The minimum absolute atomic E-state index is 0.179. The zero-order valence-electron chi connectivity index (χ0n) is 11.2. The van der Waals surface area contributed by atoms with Crippen molar-refractivity contribution in [3.8, 4) is 0 Å². The highest BCUT2D eigenvalue weighted by Gasteiger charge is 2.31. The first-order chi connectivity index (χ1) is 8.31. The Morgan fingerprint density at radius 1 is 1.12 bits per heavy atom. The third-order valence-corrected chi connectivity index (χ3v) is 4.67. The standard InChI is InChI=1S/C15H27NO/c1-2-12-7-6-8-13(11-12)15(17)14-9-4-3-5-10-16-14/h12-14,16H,2-11H2,1H3. The van der Waals surface area contributed by atoms with Gasteiger partial charge in [-0.15, -0.1) is 0 Å². The van der Waals surface area contributed by atoms with Crippen LogP contribution in [0.3, 0.4) is 0 Å². The van der Waals surface area contributed by atoms with Crippen molar-refractivity contribution in [2.24, 2.45) is 11.8 Å². The molecular weight excluding hydrogens is 210 g/mol. The molecule has 0 aromatic carbocycles. The lowest BCUT2D eigenvalue weighted by atomic mass is 9.76. The molecule has 0 bridgehead atoms. The SMILES string of the molecule is CCC1CCCC(C(=O)C2CCCCCN2)C1. The van der Waals surface area contributed by atoms with Crippen LogP contribution >= 0.6 is 0 Å². The van der Waals surface area contributed by atoms with Gasteiger partial charge in [0.15, 0.2) is 5.78 Å². The second-order valence-corrected chi connectivity index (χ2v) is 5.90. The number of rotatable bonds is 3. The molecule has 1 saturated carbocycles. The van der Waals surface area contributed by atoms with Gasteiger partial charge in [0.05, 0.1) is 6.04 Å². The van der Waals surface area contributed by atoms with Gasteiger partial charge in [0, 0.05) is 5.92 Å². The van der Waals surface area contributed by atoms with Crippen LogP contribution in [0.5, 0.6) is 0 Å². The smallest absolute Gasteiger partial charge is 0.152 e. The summed E-state index contributed by atoms with van der Waals surface area (Å²) < 4.78 is 0. The molecule has 1 aliphatic heterocycles. The quantitative estimate of drug-likeness (QED) is 0.816. The highest BCUT2D eigenvalue weighted by Crippen LogP contribution is 2.32. The minimum atomic E-state index is 0.179. The average Bonchev–Trinajstić information content (AvgIpc) is 2.67. The van der Waals surface area contributed by atoms with E-state index in [2.05, 4.69) is 12.2 Å². The van der Waals surface area contributed by atoms with Crippen LogP contribution in [0.15, 0.2) is 0 Å². The summed E-state index contributed by atoms with van der Waals surface area (Å²) in [5, 5.41) is 3.46. The Morgan fingerprint density at radius 2 is 2.00 bits per heavy atom. The van der Waals surface area contributed by atoms with Gasteiger partial charge in [0.2, 0.25) is 0 Å². The molecule has 1 saturated heterocycles. The van der Waals surface area contributed by atoms with Crippen LogP contribution in [0, 0.1) is 11.8 Å². The fraction of sp³-hybridized carbons (Fsp3) is 0.933. The molecule has 0 aromatic rings. The van der Waals surface area contributed by atoms with Crippen LogP contribution in [0.25, 0.3) is 0 Å². The number of hydrogen-bond donors (Lipinski definition) is 1. The van der Waals surface area contributed by atoms with E-state index in [1.165, 1.54) is 38.5 Å². The van der Waals surface area contributed by atoms with Gasteiger partial charge >= 0.3 is 0 Å². The van der Waals surface area contributed by atoms with E-state index in [1.807, 2.05) is 0 Å². The third kappa shape index (κ3) is 3.54. The van der Waals surface area contributed by atoms with Crippen LogP contribution in [0.4, 0.5) is 0 Å². The Kier molecular flexibility index (Phi) is 5.02. The van der Waals surface area contributed by atoms with Crippen LogP contribution < -0.4 is 5.32 Å². The van der Waals surface area contributed by atoms with Gasteiger partial charge in [-0.1, -0.05) is 39.0 Å². The van der Waals surface area contributed by atoms with E-state index < -0.39 is 0 Å². The van der Waals surface area contributed by atoms with E-state index in [4.69, 9.17) is 0 Å². The number of Topliss-reactive ketones (excluding diaryl/α,β-unsaturated/α-hetero) is 1. The van der Waals surface area contributed by atoms with Crippen LogP contribution in [0.1, 0.15) is 64.7 Å². The molecule has 3 atom stereocenters. The Bertz CT molecular complexity index is 243. The number of carbonyl (C=O) groups excluding carboxylic acids is 1. The topological polar surface area (TPSA) is 29.1 Å². The van der Waals surface area contributed by atoms with E-state index in [1.54, 1.807) is 0 Å². The second kappa shape index (κ2) is 6.53. The van der Waals surface area contributed by atoms with Gasteiger partial charge in [0.1, 0.15) is 0 Å². The largest absolute Gasteiger partial charge is 0.307 e. The van der Waals surface area contributed by atoms with Crippen molar-refractivity contribution in [3.63, 3.8) is 0 Å². The van der Waals surface area contributed by atoms with Crippen LogP contribution in [-0.2, 0) is 4.79 Å². The molecule has 98 valence electrons. The summed E-state index contributed by atoms with van der Waals surface area (Å²) in [5.74, 6) is 1.71. The first-order valence-corrected chi connectivity index (χ1v) is 7.58. The lowest BCUT2D eigenvalue weighted by molar-refractivity contribution is -0.126. The number of hydrogen-bond acceptors (Lipinski definition) is 2. The Balaban J connectivity index is 1.89. The summed E-state index contributed by atoms with van der Waals surface area (Å²) in [6.45, 7) is 3.31. The molecule has 1 N–H and O–H groups in total. The lowest BCUT2D eigenvalue weighted by Gasteiger charge is -2.30. The second-order valence-electron chi connectivity index (χ2n) is 5.90. The van der Waals surface area contributed by atoms with Crippen molar-refractivity contribution in [2.75, 3.05) is 6.54 Å². The van der Waals surface area contributed by atoms with Gasteiger partial charge in [-0.2, -0.15) is 0 Å². The van der Waals surface area contributed by atoms with Gasteiger partial charge in [0.25, 0.3) is 0 Å². The lowest BCUT2D eigenvalue weighted by Crippen LogP contribution is -2.41. The number of ketones is 1. The van der Waals surface area contributed by atoms with Crippen molar-refractivity contribution in [1.29, 1.82) is 0 Å². The summed E-state index contributed by atoms with van der Waals surface area (Å²) in [4.78, 5) is 12.5. The van der Waals surface area contributed by atoms with Crippen molar-refractivity contribution in [1.82, 2.24) is 5.32 Å². The van der Waals surface area contributed by atoms with Gasteiger partial charge in [-0.25, -0.2) is 0 Å². The zero-order chi connectivity index (χ0) is 12.1. The van der Waals surface area contributed by atoms with E-state index in [0.29, 0.717) is 11.7 Å². The third-order valence-electron chi connectivity index (χ3n) is 4.67. The van der Waals surface area contributed by atoms with Crippen LogP contribution in [0.2, 0.25) is 0 Å². The van der Waals surface area contributed by atoms with Gasteiger partial charge < -0.3 is 5.32 Å². The molecule has 3 unspecified atom stereocenters. The van der Waals surface area contributed by atoms with E-state index >= 15 is 0 Å². The summed E-state index contributed by atoms with van der Waals surface area (Å²) >= 11 is 0. The van der Waals surface area contributed by atoms with Crippen molar-refractivity contribution < 1.29 is 4.79 Å². The maximum Gasteiger partial charge on any atom is 0.152 e. The molecule has 2 heteroatoms. The molecule has 2 fully saturated rings. The normalized spacial score (nSPS) is 35.2. The predicted octanol–water partition coefficient (Wildman–Crippen LogP) is 3.30. The summed E-state index contributed by atoms with van der Waals surface area (Å²) in [6, 6.07) is 0.179. The molecule has 2 nitrogen and oxygen atoms in total. The fourth-order valence-electron chi connectivity index (χ4n) is 3.48. The van der Waals surface area contributed by atoms with E-state index in [0.717, 1.165) is 31.7 Å². The Morgan fingerprint density at radius 3 is 2.82 bits per heavy atom. The molecule has 2 aliphatic rings. The fourth-order valence-corrected chi connectivity index (χ4v) is 3.48. The minimum Gasteiger partial charge on any atom is -0.307 e. The summed E-state index contributed by atoms with van der Waals surface area (Å²) in [7, 11) is 0. The first kappa shape index (κ1) is 13.1. The van der Waals surface area contributed by atoms with E-state index in [9.17, 15) is 4.79 Å². The van der Waals surface area contributed by atoms with Crippen LogP contribution in [-0.4, -0.2) is 18.4 Å². The highest BCUT2D eigenvalue weighted by molar-refractivity contribution is 5.86. The number of carbonyl (C=O) groups is 1. The van der Waals surface area contributed by atoms with Gasteiger partial charge in [-0.3, -0.25) is 4.79 Å². The Hall–Kier alpha value is -0.370. The van der Waals surface area contributed by atoms with Crippen molar-refractivity contribution in [3.05, 3.63) is 0 Å². The Labute approximate surface area is 106 Å². The highest BCUT2D eigenvalue weighted by atomic mass is 16.1. The molecule has 0 aromatic heterocycles. The summed E-state index contributed by atoms with van der Waals surface area (Å²) in [5.41, 5.74) is 0. The molecule has 17 heavy (non-hydrogen) atoms. The predicted molar refractivity (Wildman–Crippen MR) is 71.0 cm³/mol. The molecule has 0 amide bonds. The zero-order valence-corrected chi connectivity index (χ0v) is 11.2. The first-order valence-electron chi connectivity index (χ1n) is 7.58. The monoisotopic (exact) mass is 237 g/mol.